The molecule has 1 aliphatic rings. The molecule has 5 heteroatoms. The number of rotatable bonds is 3. The fraction of sp³-hybridized carbons (Fsp3) is 0.733. The van der Waals surface area contributed by atoms with Gasteiger partial charge in [-0.15, -0.1) is 11.3 Å². The van der Waals surface area contributed by atoms with Crippen molar-refractivity contribution < 1.29 is 4.79 Å². The molecule has 20 heavy (non-hydrogen) atoms. The first-order valence-corrected chi connectivity index (χ1v) is 8.39. The first-order valence-electron chi connectivity index (χ1n) is 7.57. The maximum atomic E-state index is 12.1. The van der Waals surface area contributed by atoms with Crippen LogP contribution in [0.4, 0.5) is 4.79 Å². The molecule has 1 aromatic heterocycles. The molecule has 1 saturated carbocycles. The lowest BCUT2D eigenvalue weighted by atomic mass is 10.1. The first-order chi connectivity index (χ1) is 9.56. The number of carbonyl (C=O) groups excluding carboxylic acids is 1. The second-order valence-corrected chi connectivity index (χ2v) is 6.95. The lowest BCUT2D eigenvalue weighted by molar-refractivity contribution is 0.232. The van der Waals surface area contributed by atoms with Crippen LogP contribution in [0, 0.1) is 13.8 Å². The van der Waals surface area contributed by atoms with Gasteiger partial charge in [-0.05, 0) is 33.6 Å². The van der Waals surface area contributed by atoms with Crippen LogP contribution in [-0.4, -0.2) is 17.1 Å². The number of urea groups is 1. The third-order valence-corrected chi connectivity index (χ3v) is 5.13. The minimum Gasteiger partial charge on any atom is -0.335 e. The van der Waals surface area contributed by atoms with Crippen LogP contribution >= 0.6 is 11.3 Å². The van der Waals surface area contributed by atoms with Crippen LogP contribution in [-0.2, 0) is 0 Å². The number of hydrogen-bond donors (Lipinski definition) is 2. The highest BCUT2D eigenvalue weighted by Crippen LogP contribution is 2.24. The number of nitrogens with one attached hydrogen (secondary N) is 2. The maximum Gasteiger partial charge on any atom is 0.315 e. The molecular weight excluding hydrogens is 270 g/mol. The number of carbonyl (C=O) groups is 1. The number of amides is 2. The Morgan fingerprint density at radius 3 is 2.45 bits per heavy atom. The maximum absolute atomic E-state index is 12.1. The highest BCUT2D eigenvalue weighted by atomic mass is 32.1. The van der Waals surface area contributed by atoms with E-state index in [1.54, 1.807) is 11.3 Å². The van der Waals surface area contributed by atoms with Crippen molar-refractivity contribution in [3.63, 3.8) is 0 Å². The molecular formula is C15H25N3OS. The minimum atomic E-state index is -0.0464. The molecule has 1 atom stereocenters. The highest BCUT2D eigenvalue weighted by molar-refractivity contribution is 7.11. The summed E-state index contributed by atoms with van der Waals surface area (Å²) in [5.74, 6) is 0. The van der Waals surface area contributed by atoms with E-state index in [2.05, 4.69) is 15.6 Å². The molecule has 0 aliphatic heterocycles. The Balaban J connectivity index is 1.85. The van der Waals surface area contributed by atoms with Gasteiger partial charge in [0.25, 0.3) is 0 Å². The zero-order valence-corrected chi connectivity index (χ0v) is 13.5. The quantitative estimate of drug-likeness (QED) is 0.832. The molecule has 4 nitrogen and oxygen atoms in total. The van der Waals surface area contributed by atoms with Crippen LogP contribution in [0.15, 0.2) is 0 Å². The van der Waals surface area contributed by atoms with Crippen LogP contribution < -0.4 is 10.6 Å². The Morgan fingerprint density at radius 1 is 1.25 bits per heavy atom. The molecule has 1 aliphatic carbocycles. The summed E-state index contributed by atoms with van der Waals surface area (Å²) in [5, 5.41) is 7.21. The SMILES string of the molecule is Cc1nc(C)c([C@@H](C)NC(=O)NC2CCCCCC2)s1. The molecule has 2 amide bonds. The largest absolute Gasteiger partial charge is 0.335 e. The molecule has 1 aromatic rings. The van der Waals surface area contributed by atoms with E-state index in [0.717, 1.165) is 28.4 Å². The summed E-state index contributed by atoms with van der Waals surface area (Å²) in [6, 6.07) is 0.316. The second kappa shape index (κ2) is 7.07. The fourth-order valence-electron chi connectivity index (χ4n) is 2.86. The van der Waals surface area contributed by atoms with Crippen molar-refractivity contribution in [2.24, 2.45) is 0 Å². The van der Waals surface area contributed by atoms with E-state index in [9.17, 15) is 4.79 Å². The zero-order valence-electron chi connectivity index (χ0n) is 12.7. The molecule has 0 saturated heterocycles. The van der Waals surface area contributed by atoms with Crippen LogP contribution in [0.5, 0.6) is 0 Å². The monoisotopic (exact) mass is 295 g/mol. The van der Waals surface area contributed by atoms with Crippen LogP contribution in [0.25, 0.3) is 0 Å². The predicted molar refractivity (Wildman–Crippen MR) is 83.2 cm³/mol. The van der Waals surface area contributed by atoms with Gasteiger partial charge in [0, 0.05) is 10.9 Å². The van der Waals surface area contributed by atoms with Crippen molar-refractivity contribution in [1.29, 1.82) is 0 Å². The van der Waals surface area contributed by atoms with Gasteiger partial charge in [-0.1, -0.05) is 25.7 Å². The number of aryl methyl sites for hydroxylation is 2. The average Bonchev–Trinajstić information content (AvgIpc) is 2.59. The van der Waals surface area contributed by atoms with E-state index < -0.39 is 0 Å². The molecule has 2 N–H and O–H groups in total. The fourth-order valence-corrected chi connectivity index (χ4v) is 3.79. The van der Waals surface area contributed by atoms with Crippen molar-refractivity contribution in [1.82, 2.24) is 15.6 Å². The highest BCUT2D eigenvalue weighted by Gasteiger charge is 2.18. The lowest BCUT2D eigenvalue weighted by Crippen LogP contribution is -2.42. The summed E-state index contributed by atoms with van der Waals surface area (Å²) in [6.07, 6.45) is 7.29. The van der Waals surface area contributed by atoms with Crippen molar-refractivity contribution >= 4 is 17.4 Å². The molecule has 1 fully saturated rings. The van der Waals surface area contributed by atoms with Crippen molar-refractivity contribution in [2.75, 3.05) is 0 Å². The lowest BCUT2D eigenvalue weighted by Gasteiger charge is -2.19. The van der Waals surface area contributed by atoms with Crippen LogP contribution in [0.1, 0.15) is 67.1 Å². The normalized spacial score (nSPS) is 18.4. The topological polar surface area (TPSA) is 54.0 Å². The summed E-state index contributed by atoms with van der Waals surface area (Å²) < 4.78 is 0. The molecule has 1 heterocycles. The summed E-state index contributed by atoms with van der Waals surface area (Å²) in [7, 11) is 0. The number of aromatic nitrogens is 1. The molecule has 0 bridgehead atoms. The Labute approximate surface area is 125 Å². The van der Waals surface area contributed by atoms with Gasteiger partial charge >= 0.3 is 6.03 Å². The van der Waals surface area contributed by atoms with Crippen molar-refractivity contribution in [3.8, 4) is 0 Å². The van der Waals surface area contributed by atoms with E-state index >= 15 is 0 Å². The van der Waals surface area contributed by atoms with Gasteiger partial charge in [-0.25, -0.2) is 9.78 Å². The number of nitrogens with zero attached hydrogens (tertiary/aromatic N) is 1. The molecule has 2 rings (SSSR count). The van der Waals surface area contributed by atoms with Crippen molar-refractivity contribution in [2.45, 2.75) is 71.4 Å². The van der Waals surface area contributed by atoms with E-state index in [1.807, 2.05) is 20.8 Å². The second-order valence-electron chi connectivity index (χ2n) is 5.71. The third kappa shape index (κ3) is 4.20. The summed E-state index contributed by atoms with van der Waals surface area (Å²) in [6.45, 7) is 6.02. The van der Waals surface area contributed by atoms with Gasteiger partial charge in [0.2, 0.25) is 0 Å². The Bertz CT molecular complexity index is 450. The third-order valence-electron chi connectivity index (χ3n) is 3.87. The van der Waals surface area contributed by atoms with Gasteiger partial charge in [0.1, 0.15) is 0 Å². The van der Waals surface area contributed by atoms with Crippen molar-refractivity contribution in [3.05, 3.63) is 15.6 Å². The Morgan fingerprint density at radius 2 is 1.90 bits per heavy atom. The number of thiazole rings is 1. The molecule has 0 aromatic carbocycles. The molecule has 112 valence electrons. The predicted octanol–water partition coefficient (Wildman–Crippen LogP) is 3.84. The van der Waals surface area contributed by atoms with Gasteiger partial charge < -0.3 is 10.6 Å². The first kappa shape index (κ1) is 15.3. The summed E-state index contributed by atoms with van der Waals surface area (Å²) in [4.78, 5) is 17.7. The molecule has 0 unspecified atom stereocenters. The van der Waals surface area contributed by atoms with Gasteiger partial charge in [-0.3, -0.25) is 0 Å². The van der Waals surface area contributed by atoms with E-state index in [-0.39, 0.29) is 12.1 Å². The van der Waals surface area contributed by atoms with Gasteiger partial charge in [-0.2, -0.15) is 0 Å². The zero-order chi connectivity index (χ0) is 14.5. The van der Waals surface area contributed by atoms with Gasteiger partial charge in [0.15, 0.2) is 0 Å². The van der Waals surface area contributed by atoms with E-state index in [4.69, 9.17) is 0 Å². The van der Waals surface area contributed by atoms with E-state index in [0.29, 0.717) is 6.04 Å². The van der Waals surface area contributed by atoms with Crippen LogP contribution in [0.2, 0.25) is 0 Å². The Hall–Kier alpha value is -1.10. The minimum absolute atomic E-state index is 0.0204. The standard InChI is InChI=1S/C15H25N3OS/c1-10-14(20-12(3)16-10)11(2)17-15(19)18-13-8-6-4-5-7-9-13/h11,13H,4-9H2,1-3H3,(H2,17,18,19)/t11-/m1/s1. The summed E-state index contributed by atoms with van der Waals surface area (Å²) in [5.41, 5.74) is 1.02. The smallest absolute Gasteiger partial charge is 0.315 e. The van der Waals surface area contributed by atoms with Crippen LogP contribution in [0.3, 0.4) is 0 Å². The number of hydrogen-bond acceptors (Lipinski definition) is 3. The summed E-state index contributed by atoms with van der Waals surface area (Å²) >= 11 is 1.66. The average molecular weight is 295 g/mol. The van der Waals surface area contributed by atoms with Gasteiger partial charge in [0.05, 0.1) is 16.7 Å². The molecule has 0 radical (unpaired) electrons. The Kier molecular flexibility index (Phi) is 5.40. The van der Waals surface area contributed by atoms with E-state index in [1.165, 1.54) is 25.7 Å². The molecule has 0 spiro atoms.